The van der Waals surface area contributed by atoms with E-state index in [1.807, 2.05) is 41.4 Å². The van der Waals surface area contributed by atoms with Gasteiger partial charge in [0.05, 0.1) is 0 Å². The van der Waals surface area contributed by atoms with Gasteiger partial charge in [0.2, 0.25) is 5.91 Å². The summed E-state index contributed by atoms with van der Waals surface area (Å²) < 4.78 is 0. The zero-order valence-electron chi connectivity index (χ0n) is 12.5. The third-order valence-electron chi connectivity index (χ3n) is 3.74. The summed E-state index contributed by atoms with van der Waals surface area (Å²) in [5.41, 5.74) is 1.05. The van der Waals surface area contributed by atoms with Gasteiger partial charge in [-0.15, -0.1) is 0 Å². The van der Waals surface area contributed by atoms with E-state index < -0.39 is 0 Å². The molecule has 0 spiro atoms. The van der Waals surface area contributed by atoms with Crippen LogP contribution in [0.1, 0.15) is 38.7 Å². The second kappa shape index (κ2) is 7.22. The SMILES string of the molecule is CC(C)[C@H](N=Cc1ccccc1)C(=O)N1CCCCC1. The number of likely N-dealkylation sites (tertiary alicyclic amines) is 1. The molecule has 0 unspecified atom stereocenters. The number of amides is 1. The largest absolute Gasteiger partial charge is 0.341 e. The number of carbonyl (C=O) groups is 1. The number of rotatable bonds is 4. The van der Waals surface area contributed by atoms with Crippen molar-refractivity contribution in [1.82, 2.24) is 4.90 Å². The molecule has 0 bridgehead atoms. The maximum Gasteiger partial charge on any atom is 0.247 e. The van der Waals surface area contributed by atoms with E-state index in [1.54, 1.807) is 0 Å². The number of hydrogen-bond acceptors (Lipinski definition) is 2. The third-order valence-corrected chi connectivity index (χ3v) is 3.74. The topological polar surface area (TPSA) is 32.7 Å². The predicted molar refractivity (Wildman–Crippen MR) is 83.1 cm³/mol. The molecule has 1 aromatic carbocycles. The Bertz CT molecular complexity index is 447. The van der Waals surface area contributed by atoms with Crippen LogP contribution < -0.4 is 0 Å². The van der Waals surface area contributed by atoms with E-state index in [9.17, 15) is 4.79 Å². The second-order valence-corrected chi connectivity index (χ2v) is 5.76. The molecule has 1 fully saturated rings. The van der Waals surface area contributed by atoms with Crippen LogP contribution in [-0.4, -0.2) is 36.2 Å². The van der Waals surface area contributed by atoms with Crippen molar-refractivity contribution in [1.29, 1.82) is 0 Å². The molecule has 1 saturated heterocycles. The zero-order valence-corrected chi connectivity index (χ0v) is 12.5. The van der Waals surface area contributed by atoms with Gasteiger partial charge in [-0.25, -0.2) is 0 Å². The lowest BCUT2D eigenvalue weighted by Gasteiger charge is -2.30. The van der Waals surface area contributed by atoms with Gasteiger partial charge in [0.15, 0.2) is 0 Å². The van der Waals surface area contributed by atoms with E-state index >= 15 is 0 Å². The van der Waals surface area contributed by atoms with Gasteiger partial charge in [-0.3, -0.25) is 9.79 Å². The number of carbonyl (C=O) groups excluding carboxylic acids is 1. The molecule has 1 heterocycles. The molecule has 0 radical (unpaired) electrons. The van der Waals surface area contributed by atoms with Gasteiger partial charge in [0.1, 0.15) is 6.04 Å². The molecular formula is C17H24N2O. The molecule has 1 aliphatic heterocycles. The lowest BCUT2D eigenvalue weighted by atomic mass is 10.0. The summed E-state index contributed by atoms with van der Waals surface area (Å²) in [7, 11) is 0. The Labute approximate surface area is 121 Å². The standard InChI is InChI=1S/C17H24N2O/c1-14(2)16(17(20)19-11-7-4-8-12-19)18-13-15-9-5-3-6-10-15/h3,5-6,9-10,13-14,16H,4,7-8,11-12H2,1-2H3/t16-/m0/s1. The maximum absolute atomic E-state index is 12.6. The second-order valence-electron chi connectivity index (χ2n) is 5.76. The molecule has 108 valence electrons. The van der Waals surface area contributed by atoms with E-state index in [0.29, 0.717) is 0 Å². The fraction of sp³-hybridized carbons (Fsp3) is 0.529. The number of nitrogens with zero attached hydrogens (tertiary/aromatic N) is 2. The van der Waals surface area contributed by atoms with Gasteiger partial charge in [-0.2, -0.15) is 0 Å². The van der Waals surface area contributed by atoms with Gasteiger partial charge in [0, 0.05) is 19.3 Å². The number of aliphatic imine (C=N–C) groups is 1. The molecule has 1 aliphatic rings. The molecule has 1 atom stereocenters. The smallest absolute Gasteiger partial charge is 0.247 e. The van der Waals surface area contributed by atoms with E-state index in [4.69, 9.17) is 0 Å². The summed E-state index contributed by atoms with van der Waals surface area (Å²) in [5.74, 6) is 0.413. The summed E-state index contributed by atoms with van der Waals surface area (Å²) in [6.45, 7) is 5.91. The van der Waals surface area contributed by atoms with E-state index in [2.05, 4.69) is 18.8 Å². The van der Waals surface area contributed by atoms with Crippen molar-refractivity contribution in [3.63, 3.8) is 0 Å². The summed E-state index contributed by atoms with van der Waals surface area (Å²) in [4.78, 5) is 19.1. The summed E-state index contributed by atoms with van der Waals surface area (Å²) in [5, 5.41) is 0. The molecule has 2 rings (SSSR count). The minimum absolute atomic E-state index is 0.187. The predicted octanol–water partition coefficient (Wildman–Crippen LogP) is 3.14. The van der Waals surface area contributed by atoms with E-state index in [1.165, 1.54) is 6.42 Å². The zero-order chi connectivity index (χ0) is 14.4. The van der Waals surface area contributed by atoms with Crippen LogP contribution in [0.4, 0.5) is 0 Å². The first kappa shape index (κ1) is 14.8. The van der Waals surface area contributed by atoms with Crippen LogP contribution in [0.5, 0.6) is 0 Å². The highest BCUT2D eigenvalue weighted by molar-refractivity contribution is 5.87. The highest BCUT2D eigenvalue weighted by atomic mass is 16.2. The first-order valence-electron chi connectivity index (χ1n) is 7.55. The van der Waals surface area contributed by atoms with Crippen LogP contribution in [0, 0.1) is 5.92 Å². The van der Waals surface area contributed by atoms with Crippen LogP contribution in [0.2, 0.25) is 0 Å². The van der Waals surface area contributed by atoms with Crippen LogP contribution in [0.25, 0.3) is 0 Å². The normalized spacial score (nSPS) is 17.6. The Morgan fingerprint density at radius 1 is 1.15 bits per heavy atom. The quantitative estimate of drug-likeness (QED) is 0.775. The van der Waals surface area contributed by atoms with Crippen LogP contribution in [0.15, 0.2) is 35.3 Å². The molecule has 0 N–H and O–H groups in total. The summed E-state index contributed by atoms with van der Waals surface area (Å²) in [6.07, 6.45) is 5.31. The van der Waals surface area contributed by atoms with Crippen molar-refractivity contribution in [3.8, 4) is 0 Å². The van der Waals surface area contributed by atoms with Crippen molar-refractivity contribution in [2.24, 2.45) is 10.9 Å². The first-order valence-corrected chi connectivity index (χ1v) is 7.55. The third kappa shape index (κ3) is 3.92. The Balaban J connectivity index is 2.06. The Morgan fingerprint density at radius 3 is 2.40 bits per heavy atom. The molecule has 0 saturated carbocycles. The van der Waals surface area contributed by atoms with Crippen LogP contribution in [-0.2, 0) is 4.79 Å². The lowest BCUT2D eigenvalue weighted by Crippen LogP contribution is -2.43. The number of benzene rings is 1. The lowest BCUT2D eigenvalue weighted by molar-refractivity contribution is -0.134. The van der Waals surface area contributed by atoms with E-state index in [0.717, 1.165) is 31.5 Å². The Hall–Kier alpha value is -1.64. The minimum atomic E-state index is -0.256. The average Bonchev–Trinajstić information content (AvgIpc) is 2.49. The molecule has 20 heavy (non-hydrogen) atoms. The molecule has 0 aliphatic carbocycles. The van der Waals surface area contributed by atoms with Gasteiger partial charge in [-0.1, -0.05) is 44.2 Å². The van der Waals surface area contributed by atoms with Gasteiger partial charge < -0.3 is 4.90 Å². The van der Waals surface area contributed by atoms with Crippen molar-refractivity contribution < 1.29 is 4.79 Å². The molecular weight excluding hydrogens is 248 g/mol. The van der Waals surface area contributed by atoms with Crippen molar-refractivity contribution in [2.45, 2.75) is 39.2 Å². The Morgan fingerprint density at radius 2 is 1.80 bits per heavy atom. The van der Waals surface area contributed by atoms with Crippen molar-refractivity contribution in [2.75, 3.05) is 13.1 Å². The molecule has 1 amide bonds. The van der Waals surface area contributed by atoms with Crippen molar-refractivity contribution >= 4 is 12.1 Å². The van der Waals surface area contributed by atoms with Gasteiger partial charge >= 0.3 is 0 Å². The summed E-state index contributed by atoms with van der Waals surface area (Å²) >= 11 is 0. The Kier molecular flexibility index (Phi) is 5.33. The van der Waals surface area contributed by atoms with Crippen molar-refractivity contribution in [3.05, 3.63) is 35.9 Å². The monoisotopic (exact) mass is 272 g/mol. The molecule has 3 heteroatoms. The summed E-state index contributed by atoms with van der Waals surface area (Å²) in [6, 6.07) is 9.71. The first-order chi connectivity index (χ1) is 9.68. The van der Waals surface area contributed by atoms with Gasteiger partial charge in [0.25, 0.3) is 0 Å². The van der Waals surface area contributed by atoms with Gasteiger partial charge in [-0.05, 0) is 30.7 Å². The number of hydrogen-bond donors (Lipinski definition) is 0. The molecule has 3 nitrogen and oxygen atoms in total. The van der Waals surface area contributed by atoms with Crippen LogP contribution in [0.3, 0.4) is 0 Å². The fourth-order valence-electron chi connectivity index (χ4n) is 2.53. The molecule has 1 aromatic rings. The highest BCUT2D eigenvalue weighted by Gasteiger charge is 2.26. The van der Waals surface area contributed by atoms with E-state index in [-0.39, 0.29) is 17.9 Å². The van der Waals surface area contributed by atoms with Crippen LogP contribution >= 0.6 is 0 Å². The number of piperidine rings is 1. The minimum Gasteiger partial charge on any atom is -0.341 e. The average molecular weight is 272 g/mol. The highest BCUT2D eigenvalue weighted by Crippen LogP contribution is 2.15. The maximum atomic E-state index is 12.6. The molecule has 0 aromatic heterocycles. The fourth-order valence-corrected chi connectivity index (χ4v) is 2.53.